The molecule has 0 spiro atoms. The molecule has 0 N–H and O–H groups in total. The first-order valence-electron chi connectivity index (χ1n) is 6.65. The summed E-state index contributed by atoms with van der Waals surface area (Å²) in [6.45, 7) is 1.98. The topological polar surface area (TPSA) is 20.3 Å². The van der Waals surface area contributed by atoms with Crippen LogP contribution in [-0.4, -0.2) is 10.2 Å². The minimum absolute atomic E-state index is 0.220. The van der Waals surface area contributed by atoms with Gasteiger partial charge in [-0.25, -0.2) is 4.39 Å². The molecule has 2 nitrogen and oxygen atoms in total. The van der Waals surface area contributed by atoms with E-state index in [-0.39, 0.29) is 11.7 Å². The van der Waals surface area contributed by atoms with E-state index in [1.54, 1.807) is 24.3 Å². The molecule has 110 valence electrons. The average Bonchev–Trinajstić information content (AvgIpc) is 2.77. The van der Waals surface area contributed by atoms with Crippen molar-refractivity contribution in [3.05, 3.63) is 70.4 Å². The zero-order chi connectivity index (χ0) is 15.7. The Morgan fingerprint density at radius 1 is 1.14 bits per heavy atom. The van der Waals surface area contributed by atoms with Crippen molar-refractivity contribution < 1.29 is 9.18 Å². The number of thioether (sulfide) groups is 1. The Bertz CT molecular complexity index is 784. The second-order valence-corrected chi connectivity index (χ2v) is 6.55. The van der Waals surface area contributed by atoms with Gasteiger partial charge in [-0.05, 0) is 31.2 Å². The van der Waals surface area contributed by atoms with Gasteiger partial charge in [-0.3, -0.25) is 9.69 Å². The standard InChI is InChI=1S/C17H12FNOS2/c1-11-6-8-13(9-7-11)19-16(20)15(22-17(19)21)10-12-4-2-3-5-14(12)18/h2-10H,1H3/b15-10-. The molecule has 22 heavy (non-hydrogen) atoms. The fourth-order valence-electron chi connectivity index (χ4n) is 2.12. The third kappa shape index (κ3) is 2.82. The zero-order valence-electron chi connectivity index (χ0n) is 11.7. The molecule has 1 saturated heterocycles. The van der Waals surface area contributed by atoms with Gasteiger partial charge in [-0.2, -0.15) is 0 Å². The van der Waals surface area contributed by atoms with Gasteiger partial charge < -0.3 is 0 Å². The monoisotopic (exact) mass is 329 g/mol. The summed E-state index contributed by atoms with van der Waals surface area (Å²) in [5.74, 6) is -0.579. The van der Waals surface area contributed by atoms with Gasteiger partial charge in [0.05, 0.1) is 10.6 Å². The summed E-state index contributed by atoms with van der Waals surface area (Å²) in [5.41, 5.74) is 2.22. The first-order valence-corrected chi connectivity index (χ1v) is 7.88. The first kappa shape index (κ1) is 14.9. The minimum atomic E-state index is -0.358. The number of rotatable bonds is 2. The molecule has 2 aromatic carbocycles. The lowest BCUT2D eigenvalue weighted by atomic mass is 10.2. The summed E-state index contributed by atoms with van der Waals surface area (Å²) in [4.78, 5) is 14.4. The summed E-state index contributed by atoms with van der Waals surface area (Å²) in [6, 6.07) is 13.9. The Morgan fingerprint density at radius 3 is 2.50 bits per heavy atom. The highest BCUT2D eigenvalue weighted by molar-refractivity contribution is 8.27. The van der Waals surface area contributed by atoms with Crippen molar-refractivity contribution in [2.75, 3.05) is 4.90 Å². The molecule has 0 aromatic heterocycles. The van der Waals surface area contributed by atoms with Gasteiger partial charge in [0.25, 0.3) is 5.91 Å². The van der Waals surface area contributed by atoms with Crippen molar-refractivity contribution in [3.63, 3.8) is 0 Å². The van der Waals surface area contributed by atoms with Gasteiger partial charge in [0.1, 0.15) is 5.82 Å². The first-order chi connectivity index (χ1) is 10.6. The van der Waals surface area contributed by atoms with Crippen LogP contribution in [0.1, 0.15) is 11.1 Å². The van der Waals surface area contributed by atoms with Crippen LogP contribution >= 0.6 is 24.0 Å². The van der Waals surface area contributed by atoms with Crippen molar-refractivity contribution in [2.24, 2.45) is 0 Å². The van der Waals surface area contributed by atoms with Crippen LogP contribution in [0.15, 0.2) is 53.4 Å². The number of hydrogen-bond donors (Lipinski definition) is 0. The molecule has 0 saturated carbocycles. The van der Waals surface area contributed by atoms with E-state index < -0.39 is 0 Å². The number of carbonyl (C=O) groups is 1. The van der Waals surface area contributed by atoms with Crippen LogP contribution < -0.4 is 4.90 Å². The van der Waals surface area contributed by atoms with Crippen molar-refractivity contribution in [1.82, 2.24) is 0 Å². The number of nitrogens with zero attached hydrogens (tertiary/aromatic N) is 1. The smallest absolute Gasteiger partial charge is 0.268 e. The van der Waals surface area contributed by atoms with Crippen LogP contribution in [0.25, 0.3) is 6.08 Å². The Kier molecular flexibility index (Phi) is 4.09. The second-order valence-electron chi connectivity index (χ2n) is 4.87. The van der Waals surface area contributed by atoms with E-state index in [1.807, 2.05) is 31.2 Å². The van der Waals surface area contributed by atoms with Gasteiger partial charge in [-0.1, -0.05) is 59.9 Å². The summed E-state index contributed by atoms with van der Waals surface area (Å²) in [6.07, 6.45) is 1.54. The molecule has 3 rings (SSSR count). The van der Waals surface area contributed by atoms with Crippen LogP contribution in [0.5, 0.6) is 0 Å². The quantitative estimate of drug-likeness (QED) is 0.596. The molecule has 1 heterocycles. The molecule has 0 unspecified atom stereocenters. The number of carbonyl (C=O) groups excluding carboxylic acids is 1. The predicted molar refractivity (Wildman–Crippen MR) is 93.2 cm³/mol. The molecular formula is C17H12FNOS2. The van der Waals surface area contributed by atoms with Crippen LogP contribution in [0.3, 0.4) is 0 Å². The summed E-state index contributed by atoms with van der Waals surface area (Å²) >= 11 is 6.48. The Hall–Kier alpha value is -1.98. The minimum Gasteiger partial charge on any atom is -0.268 e. The zero-order valence-corrected chi connectivity index (χ0v) is 13.4. The largest absolute Gasteiger partial charge is 0.270 e. The molecule has 0 aliphatic carbocycles. The predicted octanol–water partition coefficient (Wildman–Crippen LogP) is 4.54. The van der Waals surface area contributed by atoms with Crippen molar-refractivity contribution in [3.8, 4) is 0 Å². The molecule has 5 heteroatoms. The Morgan fingerprint density at radius 2 is 1.82 bits per heavy atom. The van der Waals surface area contributed by atoms with Crippen molar-refractivity contribution >= 4 is 46.0 Å². The molecular weight excluding hydrogens is 317 g/mol. The van der Waals surface area contributed by atoms with Gasteiger partial charge in [0.2, 0.25) is 0 Å². The van der Waals surface area contributed by atoms with Crippen molar-refractivity contribution in [2.45, 2.75) is 6.92 Å². The third-order valence-corrected chi connectivity index (χ3v) is 4.58. The molecule has 0 bridgehead atoms. The van der Waals surface area contributed by atoms with Crippen LogP contribution in [0.4, 0.5) is 10.1 Å². The maximum atomic E-state index is 13.7. The number of benzene rings is 2. The highest BCUT2D eigenvalue weighted by Crippen LogP contribution is 2.36. The molecule has 1 aliphatic rings. The normalized spacial score (nSPS) is 16.6. The number of halogens is 1. The fraction of sp³-hybridized carbons (Fsp3) is 0.0588. The van der Waals surface area contributed by atoms with Crippen LogP contribution in [-0.2, 0) is 4.79 Å². The lowest BCUT2D eigenvalue weighted by Crippen LogP contribution is -2.27. The van der Waals surface area contributed by atoms with E-state index in [1.165, 1.54) is 22.7 Å². The maximum absolute atomic E-state index is 13.7. The summed E-state index contributed by atoms with van der Waals surface area (Å²) in [5, 5.41) is 0. The van der Waals surface area contributed by atoms with E-state index in [0.29, 0.717) is 14.8 Å². The van der Waals surface area contributed by atoms with E-state index in [0.717, 1.165) is 11.3 Å². The fourth-order valence-corrected chi connectivity index (χ4v) is 3.41. The number of anilines is 1. The molecule has 1 amide bonds. The van der Waals surface area contributed by atoms with Gasteiger partial charge >= 0.3 is 0 Å². The molecule has 0 radical (unpaired) electrons. The number of thiocarbonyl (C=S) groups is 1. The molecule has 0 atom stereocenters. The molecule has 1 fully saturated rings. The van der Waals surface area contributed by atoms with Gasteiger partial charge in [-0.15, -0.1) is 0 Å². The van der Waals surface area contributed by atoms with Gasteiger partial charge in [0.15, 0.2) is 4.32 Å². The highest BCUT2D eigenvalue weighted by Gasteiger charge is 2.33. The third-order valence-electron chi connectivity index (χ3n) is 3.28. The number of aryl methyl sites for hydroxylation is 1. The SMILES string of the molecule is Cc1ccc(N2C(=O)/C(=C/c3ccccc3F)SC2=S)cc1. The van der Waals surface area contributed by atoms with E-state index in [4.69, 9.17) is 12.2 Å². The molecule has 2 aromatic rings. The lowest BCUT2D eigenvalue weighted by Gasteiger charge is -2.14. The summed E-state index contributed by atoms with van der Waals surface area (Å²) < 4.78 is 14.2. The summed E-state index contributed by atoms with van der Waals surface area (Å²) in [7, 11) is 0. The lowest BCUT2D eigenvalue weighted by molar-refractivity contribution is -0.113. The van der Waals surface area contributed by atoms with E-state index in [9.17, 15) is 9.18 Å². The Balaban J connectivity index is 1.95. The van der Waals surface area contributed by atoms with Crippen molar-refractivity contribution in [1.29, 1.82) is 0 Å². The maximum Gasteiger partial charge on any atom is 0.270 e. The highest BCUT2D eigenvalue weighted by atomic mass is 32.2. The Labute approximate surface area is 137 Å². The van der Waals surface area contributed by atoms with Crippen LogP contribution in [0.2, 0.25) is 0 Å². The van der Waals surface area contributed by atoms with E-state index in [2.05, 4.69) is 0 Å². The molecule has 1 aliphatic heterocycles. The van der Waals surface area contributed by atoms with Gasteiger partial charge in [0, 0.05) is 5.56 Å². The number of hydrogen-bond acceptors (Lipinski definition) is 3. The van der Waals surface area contributed by atoms with Crippen LogP contribution in [0, 0.1) is 12.7 Å². The van der Waals surface area contributed by atoms with E-state index >= 15 is 0 Å². The second kappa shape index (κ2) is 6.02. The number of amides is 1. The average molecular weight is 329 g/mol.